The number of ether oxygens (including phenoxy) is 3. The van der Waals surface area contributed by atoms with Crippen LogP contribution >= 0.6 is 0 Å². The molecule has 0 saturated carbocycles. The standard InChI is InChI=1S/C62H80FN11O8/c1-38(65-6)58(76)68-56(62(3,4)5)61(79)73-36-43-31-45(20-18-41(43)32-53(73)59(77)67-49-16-11-14-40-13-9-10-15-46(40)49)82-30-29-81-28-27-80-26-22-54(75)70(7)24-25-74-39(2)55-42-33-52(57(64)66-35-42)72-23-12-17-51(72)48-34-44(63)19-21-47(48)60(78)71(8)37-50(55)69-74/h9-10,13,15,18-21,31,33-35,38,49,51,53,56,65H,11-12,14,16-17,22-30,32,36-37H2,1-8H3,(H2,64,66)(H,67,77)(H,68,76)/t38-,49+,51+,53-,56+/m0/s1. The molecule has 0 radical (unpaired) electrons. The van der Waals surface area contributed by atoms with Crippen LogP contribution < -0.4 is 31.3 Å². The molecule has 438 valence electrons. The van der Waals surface area contributed by atoms with Crippen molar-refractivity contribution in [1.82, 2.24) is 45.4 Å². The number of rotatable bonds is 19. The van der Waals surface area contributed by atoms with Crippen LogP contribution in [0.1, 0.15) is 121 Å². The first kappa shape index (κ1) is 59.2. The smallest absolute Gasteiger partial charge is 0.254 e. The van der Waals surface area contributed by atoms with Gasteiger partial charge in [0.15, 0.2) is 0 Å². The van der Waals surface area contributed by atoms with E-state index >= 15 is 0 Å². The first-order valence-electron chi connectivity index (χ1n) is 28.7. The van der Waals surface area contributed by atoms with E-state index in [9.17, 15) is 28.4 Å². The summed E-state index contributed by atoms with van der Waals surface area (Å²) in [4.78, 5) is 81.4. The van der Waals surface area contributed by atoms with Crippen LogP contribution in [0.25, 0.3) is 11.1 Å². The molecule has 19 nitrogen and oxygen atoms in total. The predicted molar refractivity (Wildman–Crippen MR) is 310 cm³/mol. The number of aryl methyl sites for hydroxylation is 1. The summed E-state index contributed by atoms with van der Waals surface area (Å²) in [5, 5.41) is 14.2. The van der Waals surface area contributed by atoms with Crippen LogP contribution in [0.4, 0.5) is 15.9 Å². The van der Waals surface area contributed by atoms with E-state index in [4.69, 9.17) is 25.0 Å². The van der Waals surface area contributed by atoms with Crippen molar-refractivity contribution in [3.8, 4) is 16.9 Å². The Morgan fingerprint density at radius 1 is 0.915 bits per heavy atom. The van der Waals surface area contributed by atoms with Gasteiger partial charge in [0, 0.05) is 68.7 Å². The molecule has 0 unspecified atom stereocenters. The Morgan fingerprint density at radius 3 is 2.46 bits per heavy atom. The van der Waals surface area contributed by atoms with Crippen LogP contribution in [0.15, 0.2) is 72.9 Å². The van der Waals surface area contributed by atoms with E-state index in [0.717, 1.165) is 71.3 Å². The highest BCUT2D eigenvalue weighted by atomic mass is 19.1. The molecule has 3 aliphatic heterocycles. The minimum absolute atomic E-state index is 0.0900. The Labute approximate surface area is 480 Å². The van der Waals surface area contributed by atoms with E-state index in [2.05, 4.69) is 38.0 Å². The lowest BCUT2D eigenvalue weighted by atomic mass is 9.83. The second-order valence-corrected chi connectivity index (χ2v) is 23.2. The van der Waals surface area contributed by atoms with Gasteiger partial charge in [0.25, 0.3) is 5.91 Å². The molecule has 1 saturated heterocycles. The normalized spacial score (nSPS) is 18.4. The predicted octanol–water partition coefficient (Wildman–Crippen LogP) is 6.45. The van der Waals surface area contributed by atoms with Crippen LogP contribution in [0.3, 0.4) is 0 Å². The number of hydrogen-bond acceptors (Lipinski definition) is 13. The largest absolute Gasteiger partial charge is 0.491 e. The fraction of sp³-hybridized carbons (Fsp3) is 0.500. The summed E-state index contributed by atoms with van der Waals surface area (Å²) in [6.07, 6.45) is 6.49. The van der Waals surface area contributed by atoms with Crippen molar-refractivity contribution in [2.24, 2.45) is 5.41 Å². The summed E-state index contributed by atoms with van der Waals surface area (Å²) in [5.74, 6) is -0.642. The molecule has 3 aromatic carbocycles. The van der Waals surface area contributed by atoms with Crippen molar-refractivity contribution in [3.05, 3.63) is 124 Å². The number of nitrogens with zero attached hydrogens (tertiary/aromatic N) is 7. The van der Waals surface area contributed by atoms with Gasteiger partial charge in [0.1, 0.15) is 36.1 Å². The van der Waals surface area contributed by atoms with Gasteiger partial charge in [0.2, 0.25) is 23.6 Å². The van der Waals surface area contributed by atoms with E-state index in [1.54, 1.807) is 55.0 Å². The molecule has 5 amide bonds. The molecule has 4 aliphatic rings. The number of pyridine rings is 1. The average Bonchev–Trinajstić information content (AvgIpc) is 3.54. The van der Waals surface area contributed by atoms with Crippen molar-refractivity contribution in [2.75, 3.05) is 77.9 Å². The molecule has 2 aromatic heterocycles. The molecule has 9 rings (SSSR count). The lowest BCUT2D eigenvalue weighted by Gasteiger charge is -2.41. The van der Waals surface area contributed by atoms with Crippen molar-refractivity contribution in [2.45, 2.75) is 129 Å². The first-order chi connectivity index (χ1) is 39.3. The van der Waals surface area contributed by atoms with Crippen LogP contribution in [-0.2, 0) is 61.1 Å². The quantitative estimate of drug-likeness (QED) is 0.0655. The second kappa shape index (κ2) is 25.8. The maximum Gasteiger partial charge on any atom is 0.254 e. The van der Waals surface area contributed by atoms with Crippen LogP contribution in [0.5, 0.6) is 5.75 Å². The number of likely N-dealkylation sites (N-methyl/N-ethyl adjacent to an activating group) is 2. The SMILES string of the molecule is CN[C@@H](C)C(=O)N[C@H](C(=O)N1Cc2cc(OCCOCCOCCC(=O)N(C)CCn3nc4c(c3C)-c3cnc(N)c(c3)N3CCC[C@@H]3c3cc(F)ccc3C(=O)N(C)C4)ccc2C[C@H]1C(=O)N[C@@H]1CCCc2ccccc21)C(C)(C)C. The average molecular weight is 1130 g/mol. The highest BCUT2D eigenvalue weighted by Crippen LogP contribution is 2.43. The minimum atomic E-state index is -0.899. The van der Waals surface area contributed by atoms with Gasteiger partial charge < -0.3 is 55.5 Å². The number of nitrogens with two attached hydrogens (primary N) is 1. The summed E-state index contributed by atoms with van der Waals surface area (Å²) in [7, 11) is 5.17. The number of carbonyl (C=O) groups excluding carboxylic acids is 5. The zero-order valence-corrected chi connectivity index (χ0v) is 48.7. The second-order valence-electron chi connectivity index (χ2n) is 23.2. The summed E-state index contributed by atoms with van der Waals surface area (Å²) >= 11 is 0. The molecule has 1 aliphatic carbocycles. The van der Waals surface area contributed by atoms with E-state index in [1.165, 1.54) is 17.7 Å². The summed E-state index contributed by atoms with van der Waals surface area (Å²) in [5.41, 5.74) is 14.9. The van der Waals surface area contributed by atoms with E-state index in [0.29, 0.717) is 61.1 Å². The van der Waals surface area contributed by atoms with Gasteiger partial charge in [-0.3, -0.25) is 28.7 Å². The molecule has 5 aromatic rings. The highest BCUT2D eigenvalue weighted by molar-refractivity contribution is 5.96. The molecule has 20 heteroatoms. The Balaban J connectivity index is 0.753. The summed E-state index contributed by atoms with van der Waals surface area (Å²) in [6, 6.07) is 17.6. The Kier molecular flexibility index (Phi) is 18.6. The molecule has 5 atom stereocenters. The van der Waals surface area contributed by atoms with E-state index < -0.39 is 29.4 Å². The number of aromatic nitrogens is 3. The van der Waals surface area contributed by atoms with Gasteiger partial charge in [-0.1, -0.05) is 51.1 Å². The van der Waals surface area contributed by atoms with Gasteiger partial charge in [-0.25, -0.2) is 9.37 Å². The number of halogens is 1. The molecule has 5 N–H and O–H groups in total. The molecule has 5 heterocycles. The monoisotopic (exact) mass is 1130 g/mol. The van der Waals surface area contributed by atoms with Gasteiger partial charge >= 0.3 is 0 Å². The number of nitrogens with one attached hydrogen (secondary N) is 3. The number of nitrogen functional groups attached to an aromatic ring is 1. The van der Waals surface area contributed by atoms with Gasteiger partial charge in [-0.2, -0.15) is 5.10 Å². The molecular weight excluding hydrogens is 1050 g/mol. The highest BCUT2D eigenvalue weighted by Gasteiger charge is 2.43. The van der Waals surface area contributed by atoms with E-state index in [-0.39, 0.29) is 87.6 Å². The third kappa shape index (κ3) is 13.2. The zero-order chi connectivity index (χ0) is 58.4. The number of hydrogen-bond donors (Lipinski definition) is 4. The minimum Gasteiger partial charge on any atom is -0.491 e. The number of amides is 5. The Hall–Kier alpha value is -7.42. The fourth-order valence-corrected chi connectivity index (χ4v) is 11.8. The third-order valence-electron chi connectivity index (χ3n) is 16.6. The number of anilines is 2. The molecule has 1 fully saturated rings. The topological polar surface area (TPSA) is 219 Å². The number of fused-ring (bicyclic) bond motifs is 10. The summed E-state index contributed by atoms with van der Waals surface area (Å²) in [6.45, 7) is 12.5. The van der Waals surface area contributed by atoms with Gasteiger partial charge in [-0.05, 0) is 123 Å². The fourth-order valence-electron chi connectivity index (χ4n) is 11.8. The number of benzene rings is 3. The zero-order valence-electron chi connectivity index (χ0n) is 48.7. The molecule has 2 bridgehead atoms. The van der Waals surface area contributed by atoms with Crippen LogP contribution in [-0.4, -0.2) is 144 Å². The molecular formula is C62H80FN11O8. The van der Waals surface area contributed by atoms with Gasteiger partial charge in [-0.15, -0.1) is 0 Å². The maximum atomic E-state index is 14.8. The summed E-state index contributed by atoms with van der Waals surface area (Å²) < 4.78 is 34.4. The van der Waals surface area contributed by atoms with Crippen molar-refractivity contribution in [1.29, 1.82) is 0 Å². The van der Waals surface area contributed by atoms with Crippen molar-refractivity contribution >= 4 is 41.0 Å². The molecule has 0 spiro atoms. The Bertz CT molecular complexity index is 3160. The molecule has 82 heavy (non-hydrogen) atoms. The lowest BCUT2D eigenvalue weighted by Crippen LogP contribution is -2.62. The van der Waals surface area contributed by atoms with Crippen LogP contribution in [0, 0.1) is 18.2 Å². The van der Waals surface area contributed by atoms with Crippen molar-refractivity contribution in [3.63, 3.8) is 0 Å². The van der Waals surface area contributed by atoms with Crippen molar-refractivity contribution < 1.29 is 42.6 Å². The first-order valence-corrected chi connectivity index (χ1v) is 28.7. The Morgan fingerprint density at radius 2 is 1.68 bits per heavy atom. The van der Waals surface area contributed by atoms with E-state index in [1.807, 2.05) is 68.8 Å². The van der Waals surface area contributed by atoms with Gasteiger partial charge in [0.05, 0.1) is 75.4 Å². The lowest BCUT2D eigenvalue weighted by molar-refractivity contribution is -0.147. The maximum absolute atomic E-state index is 14.8. The van der Waals surface area contributed by atoms with Crippen LogP contribution in [0.2, 0.25) is 0 Å². The third-order valence-corrected chi connectivity index (χ3v) is 16.6. The number of carbonyl (C=O) groups is 5.